The van der Waals surface area contributed by atoms with Crippen molar-refractivity contribution in [2.75, 3.05) is 18.4 Å². The summed E-state index contributed by atoms with van der Waals surface area (Å²) in [5, 5.41) is 11.1. The predicted molar refractivity (Wildman–Crippen MR) is 79.2 cm³/mol. The maximum absolute atomic E-state index is 12.3. The van der Waals surface area contributed by atoms with E-state index in [2.05, 4.69) is 25.5 Å². The quantitative estimate of drug-likeness (QED) is 0.913. The van der Waals surface area contributed by atoms with E-state index in [1.807, 2.05) is 20.0 Å². The fourth-order valence-electron chi connectivity index (χ4n) is 2.85. The molecule has 8 heteroatoms. The number of likely N-dealkylation sites (tertiary alicyclic amines) is 1. The molecule has 1 amide bonds. The molecule has 1 saturated heterocycles. The number of carbonyl (C=O) groups is 1. The molecule has 2 aromatic heterocycles. The third-order valence-corrected chi connectivity index (χ3v) is 3.82. The van der Waals surface area contributed by atoms with Crippen LogP contribution in [0.5, 0.6) is 0 Å². The number of hydrogen-bond donors (Lipinski definition) is 1. The summed E-state index contributed by atoms with van der Waals surface area (Å²) in [4.78, 5) is 18.6. The first-order valence-corrected chi connectivity index (χ1v) is 7.37. The van der Waals surface area contributed by atoms with Gasteiger partial charge in [-0.15, -0.1) is 0 Å². The Morgan fingerprint density at radius 1 is 1.50 bits per heavy atom. The van der Waals surface area contributed by atoms with E-state index >= 15 is 0 Å². The van der Waals surface area contributed by atoms with Crippen LogP contribution in [0.2, 0.25) is 0 Å². The highest BCUT2D eigenvalue weighted by Gasteiger charge is 2.31. The summed E-state index contributed by atoms with van der Waals surface area (Å²) >= 11 is 0. The van der Waals surface area contributed by atoms with Gasteiger partial charge < -0.3 is 9.84 Å². The second-order valence-corrected chi connectivity index (χ2v) is 5.64. The zero-order chi connectivity index (χ0) is 15.7. The highest BCUT2D eigenvalue weighted by molar-refractivity contribution is 5.91. The lowest BCUT2D eigenvalue weighted by Crippen LogP contribution is -2.33. The minimum absolute atomic E-state index is 0.0523. The van der Waals surface area contributed by atoms with Crippen LogP contribution in [0.1, 0.15) is 36.3 Å². The highest BCUT2D eigenvalue weighted by atomic mass is 16.5. The van der Waals surface area contributed by atoms with Crippen LogP contribution >= 0.6 is 0 Å². The Kier molecular flexibility index (Phi) is 3.93. The highest BCUT2D eigenvalue weighted by Crippen LogP contribution is 2.29. The van der Waals surface area contributed by atoms with Gasteiger partial charge in [-0.25, -0.2) is 0 Å². The molecule has 0 saturated carbocycles. The molecule has 1 unspecified atom stereocenters. The number of hydrogen-bond acceptors (Lipinski definition) is 6. The molecule has 1 aliphatic rings. The van der Waals surface area contributed by atoms with Gasteiger partial charge in [0.05, 0.1) is 18.3 Å². The number of nitrogens with one attached hydrogen (secondary N) is 1. The monoisotopic (exact) mass is 304 g/mol. The standard InChI is InChI=1S/C14H20N6O2/c1-9-7-12(19(3)17-9)16-13(21)8-20-6-4-5-11(20)14-15-10(2)22-18-14/h7,11H,4-6,8H2,1-3H3,(H,16,21). The Bertz CT molecular complexity index is 677. The summed E-state index contributed by atoms with van der Waals surface area (Å²) in [5.74, 6) is 1.86. The maximum atomic E-state index is 12.3. The molecule has 0 bridgehead atoms. The molecule has 8 nitrogen and oxygen atoms in total. The van der Waals surface area contributed by atoms with E-state index in [1.165, 1.54) is 0 Å². The Hall–Kier alpha value is -2.22. The molecule has 1 fully saturated rings. The Balaban J connectivity index is 1.64. The average molecular weight is 304 g/mol. The second-order valence-electron chi connectivity index (χ2n) is 5.64. The smallest absolute Gasteiger partial charge is 0.239 e. The molecule has 3 rings (SSSR count). The van der Waals surface area contributed by atoms with Crippen LogP contribution < -0.4 is 5.32 Å². The van der Waals surface area contributed by atoms with E-state index in [1.54, 1.807) is 11.6 Å². The lowest BCUT2D eigenvalue weighted by molar-refractivity contribution is -0.117. The number of aromatic nitrogens is 4. The van der Waals surface area contributed by atoms with Crippen molar-refractivity contribution in [3.63, 3.8) is 0 Å². The summed E-state index contributed by atoms with van der Waals surface area (Å²) in [6, 6.07) is 1.90. The van der Waals surface area contributed by atoms with Crippen molar-refractivity contribution in [1.82, 2.24) is 24.8 Å². The van der Waals surface area contributed by atoms with E-state index in [0.717, 1.165) is 25.1 Å². The molecular weight excluding hydrogens is 284 g/mol. The number of aryl methyl sites for hydroxylation is 3. The van der Waals surface area contributed by atoms with Gasteiger partial charge in [0, 0.05) is 20.0 Å². The third-order valence-electron chi connectivity index (χ3n) is 3.82. The minimum Gasteiger partial charge on any atom is -0.340 e. The fraction of sp³-hybridized carbons (Fsp3) is 0.571. The van der Waals surface area contributed by atoms with Gasteiger partial charge in [0.15, 0.2) is 5.82 Å². The fourth-order valence-corrected chi connectivity index (χ4v) is 2.85. The van der Waals surface area contributed by atoms with Crippen molar-refractivity contribution in [3.8, 4) is 0 Å². The Morgan fingerprint density at radius 2 is 2.32 bits per heavy atom. The van der Waals surface area contributed by atoms with E-state index in [-0.39, 0.29) is 11.9 Å². The molecule has 22 heavy (non-hydrogen) atoms. The first-order chi connectivity index (χ1) is 10.5. The molecular formula is C14H20N6O2. The summed E-state index contributed by atoms with van der Waals surface area (Å²) in [7, 11) is 1.81. The zero-order valence-electron chi connectivity index (χ0n) is 13.0. The van der Waals surface area contributed by atoms with Gasteiger partial charge in [0.25, 0.3) is 0 Å². The Morgan fingerprint density at radius 3 is 2.95 bits per heavy atom. The number of carbonyl (C=O) groups excluding carboxylic acids is 1. The van der Waals surface area contributed by atoms with Crippen molar-refractivity contribution in [3.05, 3.63) is 23.5 Å². The van der Waals surface area contributed by atoms with Crippen molar-refractivity contribution in [2.24, 2.45) is 7.05 Å². The van der Waals surface area contributed by atoms with Gasteiger partial charge >= 0.3 is 0 Å². The number of amides is 1. The minimum atomic E-state index is -0.0601. The van der Waals surface area contributed by atoms with Crippen LogP contribution in [0, 0.1) is 13.8 Å². The molecule has 118 valence electrons. The predicted octanol–water partition coefficient (Wildman–Crippen LogP) is 1.20. The van der Waals surface area contributed by atoms with Gasteiger partial charge in [-0.05, 0) is 26.3 Å². The Labute approximate surface area is 128 Å². The van der Waals surface area contributed by atoms with Crippen LogP contribution in [-0.4, -0.2) is 43.8 Å². The van der Waals surface area contributed by atoms with Crippen molar-refractivity contribution < 1.29 is 9.32 Å². The van der Waals surface area contributed by atoms with E-state index < -0.39 is 0 Å². The summed E-state index contributed by atoms with van der Waals surface area (Å²) in [5.41, 5.74) is 0.874. The van der Waals surface area contributed by atoms with Crippen LogP contribution in [-0.2, 0) is 11.8 Å². The molecule has 1 atom stereocenters. The van der Waals surface area contributed by atoms with Gasteiger partial charge in [0.2, 0.25) is 11.8 Å². The van der Waals surface area contributed by atoms with Gasteiger partial charge in [0.1, 0.15) is 5.82 Å². The molecule has 1 aliphatic heterocycles. The van der Waals surface area contributed by atoms with E-state index in [4.69, 9.17) is 4.52 Å². The first-order valence-electron chi connectivity index (χ1n) is 7.37. The molecule has 0 spiro atoms. The SMILES string of the molecule is Cc1cc(NC(=O)CN2CCCC2c2noc(C)n2)n(C)n1. The van der Waals surface area contributed by atoms with Crippen molar-refractivity contribution in [1.29, 1.82) is 0 Å². The largest absolute Gasteiger partial charge is 0.340 e. The summed E-state index contributed by atoms with van der Waals surface area (Å²) in [6.45, 7) is 4.83. The second kappa shape index (κ2) is 5.88. The number of nitrogens with zero attached hydrogens (tertiary/aromatic N) is 5. The number of anilines is 1. The van der Waals surface area contributed by atoms with Crippen molar-refractivity contribution in [2.45, 2.75) is 32.7 Å². The van der Waals surface area contributed by atoms with Gasteiger partial charge in [-0.3, -0.25) is 14.4 Å². The molecule has 0 aliphatic carbocycles. The normalized spacial score (nSPS) is 18.8. The van der Waals surface area contributed by atoms with Crippen LogP contribution in [0.15, 0.2) is 10.6 Å². The van der Waals surface area contributed by atoms with Gasteiger partial charge in [-0.1, -0.05) is 5.16 Å². The topological polar surface area (TPSA) is 89.1 Å². The molecule has 1 N–H and O–H groups in total. The lowest BCUT2D eigenvalue weighted by Gasteiger charge is -2.21. The summed E-state index contributed by atoms with van der Waals surface area (Å²) < 4.78 is 6.71. The first kappa shape index (κ1) is 14.7. The third kappa shape index (κ3) is 3.01. The van der Waals surface area contributed by atoms with E-state index in [0.29, 0.717) is 24.1 Å². The molecule has 0 aromatic carbocycles. The molecule has 0 radical (unpaired) electrons. The van der Waals surface area contributed by atoms with Crippen LogP contribution in [0.3, 0.4) is 0 Å². The maximum Gasteiger partial charge on any atom is 0.239 e. The summed E-state index contributed by atoms with van der Waals surface area (Å²) in [6.07, 6.45) is 1.97. The van der Waals surface area contributed by atoms with Gasteiger partial charge in [-0.2, -0.15) is 10.1 Å². The number of rotatable bonds is 4. The lowest BCUT2D eigenvalue weighted by atomic mass is 10.2. The van der Waals surface area contributed by atoms with E-state index in [9.17, 15) is 4.79 Å². The zero-order valence-corrected chi connectivity index (χ0v) is 13.0. The molecule has 3 heterocycles. The average Bonchev–Trinajstić information content (AvgIpc) is 3.12. The van der Waals surface area contributed by atoms with Crippen molar-refractivity contribution >= 4 is 11.7 Å². The van der Waals surface area contributed by atoms with Crippen LogP contribution in [0.4, 0.5) is 5.82 Å². The van der Waals surface area contributed by atoms with Crippen LogP contribution in [0.25, 0.3) is 0 Å². The molecule has 2 aromatic rings.